The summed E-state index contributed by atoms with van der Waals surface area (Å²) in [4.78, 5) is 5.47. The van der Waals surface area contributed by atoms with Crippen molar-refractivity contribution >= 4 is 11.3 Å². The lowest BCUT2D eigenvalue weighted by Crippen LogP contribution is -2.17. The summed E-state index contributed by atoms with van der Waals surface area (Å²) in [6, 6.07) is 0.184. The summed E-state index contributed by atoms with van der Waals surface area (Å²) in [6.07, 6.45) is 5.09. The number of aromatic nitrogens is 1. The Morgan fingerprint density at radius 3 is 3.00 bits per heavy atom. The van der Waals surface area contributed by atoms with Crippen LogP contribution in [-0.4, -0.2) is 18.6 Å². The average Bonchev–Trinajstić information content (AvgIpc) is 2.79. The van der Waals surface area contributed by atoms with Gasteiger partial charge in [-0.15, -0.1) is 11.3 Å². The molecule has 0 saturated heterocycles. The molecule has 0 fully saturated rings. The number of rotatable bonds is 3. The quantitative estimate of drug-likeness (QED) is 0.828. The predicted molar refractivity (Wildman–Crippen MR) is 57.3 cm³/mol. The van der Waals surface area contributed by atoms with Gasteiger partial charge in [-0.3, -0.25) is 0 Å². The predicted octanol–water partition coefficient (Wildman–Crippen LogP) is 2.02. The van der Waals surface area contributed by atoms with Gasteiger partial charge < -0.3 is 10.1 Å². The topological polar surface area (TPSA) is 34.1 Å². The Morgan fingerprint density at radius 1 is 1.64 bits per heavy atom. The van der Waals surface area contributed by atoms with Gasteiger partial charge in [0.1, 0.15) is 11.8 Å². The molecule has 2 heterocycles. The van der Waals surface area contributed by atoms with E-state index in [1.165, 1.54) is 4.88 Å². The highest BCUT2D eigenvalue weighted by molar-refractivity contribution is 7.11. The van der Waals surface area contributed by atoms with E-state index in [1.54, 1.807) is 11.3 Å². The fourth-order valence-corrected chi connectivity index (χ4v) is 2.48. The molecule has 0 aromatic carbocycles. The van der Waals surface area contributed by atoms with Crippen LogP contribution in [0.25, 0.3) is 0 Å². The molecule has 4 heteroatoms. The van der Waals surface area contributed by atoms with E-state index in [2.05, 4.69) is 16.4 Å². The third-order valence-electron chi connectivity index (χ3n) is 2.23. The molecule has 0 radical (unpaired) electrons. The summed E-state index contributed by atoms with van der Waals surface area (Å²) < 4.78 is 5.55. The zero-order valence-electron chi connectivity index (χ0n) is 8.41. The molecule has 0 spiro atoms. The van der Waals surface area contributed by atoms with Crippen molar-refractivity contribution in [2.24, 2.45) is 0 Å². The van der Waals surface area contributed by atoms with Crippen molar-refractivity contribution < 1.29 is 4.74 Å². The van der Waals surface area contributed by atoms with Crippen LogP contribution in [0.4, 0.5) is 0 Å². The number of hydrogen-bond donors (Lipinski definition) is 1. The van der Waals surface area contributed by atoms with Gasteiger partial charge in [0.25, 0.3) is 0 Å². The van der Waals surface area contributed by atoms with Gasteiger partial charge in [-0.05, 0) is 20.0 Å². The van der Waals surface area contributed by atoms with Gasteiger partial charge in [-0.2, -0.15) is 0 Å². The summed E-state index contributed by atoms with van der Waals surface area (Å²) in [5, 5.41) is 4.35. The fourth-order valence-electron chi connectivity index (χ4n) is 1.57. The lowest BCUT2D eigenvalue weighted by Gasteiger charge is -2.15. The zero-order valence-corrected chi connectivity index (χ0v) is 9.23. The van der Waals surface area contributed by atoms with Crippen molar-refractivity contribution in [3.8, 4) is 0 Å². The van der Waals surface area contributed by atoms with E-state index in [4.69, 9.17) is 4.74 Å². The second-order valence-electron chi connectivity index (χ2n) is 3.25. The van der Waals surface area contributed by atoms with Crippen molar-refractivity contribution in [1.29, 1.82) is 0 Å². The summed E-state index contributed by atoms with van der Waals surface area (Å²) >= 11 is 1.71. The SMILES string of the molecule is CNC(C1=CCCO1)c1cnc(C)s1. The molecule has 76 valence electrons. The molecule has 1 aromatic rings. The smallest absolute Gasteiger partial charge is 0.114 e. The lowest BCUT2D eigenvalue weighted by atomic mass is 10.2. The van der Waals surface area contributed by atoms with Gasteiger partial charge in [0.2, 0.25) is 0 Å². The number of nitrogens with one attached hydrogen (secondary N) is 1. The van der Waals surface area contributed by atoms with E-state index >= 15 is 0 Å². The highest BCUT2D eigenvalue weighted by Crippen LogP contribution is 2.29. The first-order valence-electron chi connectivity index (χ1n) is 4.73. The van der Waals surface area contributed by atoms with Crippen LogP contribution in [0.3, 0.4) is 0 Å². The van der Waals surface area contributed by atoms with E-state index in [0.717, 1.165) is 23.8 Å². The maximum Gasteiger partial charge on any atom is 0.114 e. The maximum absolute atomic E-state index is 5.55. The van der Waals surface area contributed by atoms with Crippen LogP contribution >= 0.6 is 11.3 Å². The number of aryl methyl sites for hydroxylation is 1. The molecule has 1 atom stereocenters. The minimum Gasteiger partial charge on any atom is -0.496 e. The number of ether oxygens (including phenoxy) is 1. The molecule has 0 saturated carbocycles. The minimum atomic E-state index is 0.184. The second-order valence-corrected chi connectivity index (χ2v) is 4.51. The van der Waals surface area contributed by atoms with E-state index in [0.29, 0.717) is 0 Å². The molecule has 0 amide bonds. The highest BCUT2D eigenvalue weighted by atomic mass is 32.1. The van der Waals surface area contributed by atoms with Crippen molar-refractivity contribution in [3.05, 3.63) is 27.9 Å². The van der Waals surface area contributed by atoms with Crippen LogP contribution in [0.1, 0.15) is 22.3 Å². The van der Waals surface area contributed by atoms with Crippen molar-refractivity contribution in [2.45, 2.75) is 19.4 Å². The van der Waals surface area contributed by atoms with Gasteiger partial charge >= 0.3 is 0 Å². The molecule has 3 nitrogen and oxygen atoms in total. The van der Waals surface area contributed by atoms with Crippen LogP contribution in [0.5, 0.6) is 0 Å². The number of hydrogen-bond acceptors (Lipinski definition) is 4. The van der Waals surface area contributed by atoms with Crippen LogP contribution in [-0.2, 0) is 4.74 Å². The van der Waals surface area contributed by atoms with E-state index in [1.807, 2.05) is 20.2 Å². The normalized spacial score (nSPS) is 17.7. The number of nitrogens with zero attached hydrogens (tertiary/aromatic N) is 1. The Labute approximate surface area is 87.8 Å². The van der Waals surface area contributed by atoms with Crippen LogP contribution in [0, 0.1) is 6.92 Å². The van der Waals surface area contributed by atoms with Crippen molar-refractivity contribution in [2.75, 3.05) is 13.7 Å². The maximum atomic E-state index is 5.55. The van der Waals surface area contributed by atoms with Crippen LogP contribution in [0.2, 0.25) is 0 Å². The standard InChI is InChI=1S/C10H14N2OS/c1-7-12-6-9(14-7)10(11-2)8-4-3-5-13-8/h4,6,10-11H,3,5H2,1-2H3. The second kappa shape index (κ2) is 4.11. The molecule has 14 heavy (non-hydrogen) atoms. The molecule has 1 unspecified atom stereocenters. The number of likely N-dealkylation sites (N-methyl/N-ethyl adjacent to an activating group) is 1. The first kappa shape index (κ1) is 9.68. The van der Waals surface area contributed by atoms with E-state index < -0.39 is 0 Å². The molecule has 2 rings (SSSR count). The Morgan fingerprint density at radius 2 is 2.50 bits per heavy atom. The highest BCUT2D eigenvalue weighted by Gasteiger charge is 2.20. The zero-order chi connectivity index (χ0) is 9.97. The van der Waals surface area contributed by atoms with Crippen LogP contribution in [0.15, 0.2) is 18.0 Å². The summed E-state index contributed by atoms with van der Waals surface area (Å²) in [5.74, 6) is 1.04. The Balaban J connectivity index is 2.20. The van der Waals surface area contributed by atoms with Crippen molar-refractivity contribution in [3.63, 3.8) is 0 Å². The first-order chi connectivity index (χ1) is 6.81. The molecule has 1 aliphatic heterocycles. The Hall–Kier alpha value is -0.870. The largest absolute Gasteiger partial charge is 0.496 e. The Bertz CT molecular complexity index is 346. The third kappa shape index (κ3) is 1.81. The first-order valence-corrected chi connectivity index (χ1v) is 5.55. The van der Waals surface area contributed by atoms with Gasteiger partial charge in [0.05, 0.1) is 11.6 Å². The summed E-state index contributed by atoms with van der Waals surface area (Å²) in [5.41, 5.74) is 0. The van der Waals surface area contributed by atoms with Gasteiger partial charge in [-0.25, -0.2) is 4.98 Å². The van der Waals surface area contributed by atoms with E-state index in [-0.39, 0.29) is 6.04 Å². The molecular weight excluding hydrogens is 196 g/mol. The molecule has 1 aromatic heterocycles. The average molecular weight is 210 g/mol. The van der Waals surface area contributed by atoms with Gasteiger partial charge in [0.15, 0.2) is 0 Å². The molecular formula is C10H14N2OS. The Kier molecular flexibility index (Phi) is 2.84. The van der Waals surface area contributed by atoms with Crippen molar-refractivity contribution in [1.82, 2.24) is 10.3 Å². The minimum absolute atomic E-state index is 0.184. The molecule has 0 bridgehead atoms. The summed E-state index contributed by atoms with van der Waals surface area (Å²) in [6.45, 7) is 2.83. The molecule has 1 aliphatic rings. The molecule has 0 aliphatic carbocycles. The van der Waals surface area contributed by atoms with Crippen LogP contribution < -0.4 is 5.32 Å². The summed E-state index contributed by atoms with van der Waals surface area (Å²) in [7, 11) is 1.95. The molecule has 1 N–H and O–H groups in total. The third-order valence-corrected chi connectivity index (χ3v) is 3.21. The van der Waals surface area contributed by atoms with Gasteiger partial charge in [-0.1, -0.05) is 0 Å². The fraction of sp³-hybridized carbons (Fsp3) is 0.500. The number of thiazole rings is 1. The van der Waals surface area contributed by atoms with E-state index in [9.17, 15) is 0 Å². The van der Waals surface area contributed by atoms with Gasteiger partial charge in [0, 0.05) is 17.5 Å². The lowest BCUT2D eigenvalue weighted by molar-refractivity contribution is 0.219. The monoisotopic (exact) mass is 210 g/mol.